The van der Waals surface area contributed by atoms with E-state index in [0.717, 1.165) is 0 Å². The fraction of sp³-hybridized carbons (Fsp3) is 0.600. The average molecular weight is 278 g/mol. The first-order chi connectivity index (χ1) is 9.25. The van der Waals surface area contributed by atoms with Gasteiger partial charge >= 0.3 is 0 Å². The van der Waals surface area contributed by atoms with Gasteiger partial charge in [0.05, 0.1) is 12.3 Å². The SMILES string of the molecule is CC(C)C1C(=O)NC(C)(C)C(=O)N1C(C)c1ccco1. The predicted molar refractivity (Wildman–Crippen MR) is 74.8 cm³/mol. The number of nitrogens with zero attached hydrogens (tertiary/aromatic N) is 1. The van der Waals surface area contributed by atoms with Gasteiger partial charge in [-0.25, -0.2) is 0 Å². The molecule has 0 aliphatic carbocycles. The lowest BCUT2D eigenvalue weighted by Gasteiger charge is -2.46. The largest absolute Gasteiger partial charge is 0.467 e. The summed E-state index contributed by atoms with van der Waals surface area (Å²) >= 11 is 0. The summed E-state index contributed by atoms with van der Waals surface area (Å²) < 4.78 is 5.40. The molecule has 1 aliphatic heterocycles. The Morgan fingerprint density at radius 1 is 1.30 bits per heavy atom. The molecule has 20 heavy (non-hydrogen) atoms. The number of nitrogens with one attached hydrogen (secondary N) is 1. The van der Waals surface area contributed by atoms with Gasteiger partial charge in [0.15, 0.2) is 0 Å². The summed E-state index contributed by atoms with van der Waals surface area (Å²) in [5, 5.41) is 2.81. The molecule has 1 aromatic heterocycles. The lowest BCUT2D eigenvalue weighted by molar-refractivity contribution is -0.158. The minimum atomic E-state index is -0.886. The molecule has 1 fully saturated rings. The van der Waals surface area contributed by atoms with Gasteiger partial charge in [-0.05, 0) is 38.8 Å². The molecule has 0 aromatic carbocycles. The molecule has 1 aromatic rings. The van der Waals surface area contributed by atoms with E-state index in [-0.39, 0.29) is 23.8 Å². The van der Waals surface area contributed by atoms with Crippen molar-refractivity contribution in [2.45, 2.75) is 52.2 Å². The van der Waals surface area contributed by atoms with Crippen LogP contribution < -0.4 is 5.32 Å². The highest BCUT2D eigenvalue weighted by Gasteiger charge is 2.48. The Bertz CT molecular complexity index is 505. The van der Waals surface area contributed by atoms with Gasteiger partial charge in [-0.3, -0.25) is 9.59 Å². The van der Waals surface area contributed by atoms with E-state index in [1.54, 1.807) is 31.1 Å². The normalized spacial score (nSPS) is 23.9. The molecule has 110 valence electrons. The second-order valence-corrected chi connectivity index (χ2v) is 6.21. The van der Waals surface area contributed by atoms with Crippen LogP contribution in [0.4, 0.5) is 0 Å². The number of piperazine rings is 1. The highest BCUT2D eigenvalue weighted by molar-refractivity contribution is 5.99. The topological polar surface area (TPSA) is 62.6 Å². The third-order valence-electron chi connectivity index (χ3n) is 3.78. The first-order valence-corrected chi connectivity index (χ1v) is 6.94. The van der Waals surface area contributed by atoms with Crippen molar-refractivity contribution in [1.82, 2.24) is 10.2 Å². The summed E-state index contributed by atoms with van der Waals surface area (Å²) in [4.78, 5) is 26.7. The van der Waals surface area contributed by atoms with Gasteiger partial charge < -0.3 is 14.6 Å². The van der Waals surface area contributed by atoms with Crippen molar-refractivity contribution in [3.63, 3.8) is 0 Å². The standard InChI is InChI=1S/C15H22N2O3/c1-9(2)12-13(18)16-15(4,5)14(19)17(12)10(3)11-7-6-8-20-11/h6-10,12H,1-5H3,(H,16,18). The first kappa shape index (κ1) is 14.6. The van der Waals surface area contributed by atoms with Crippen LogP contribution in [0.2, 0.25) is 0 Å². The maximum atomic E-state index is 12.7. The van der Waals surface area contributed by atoms with Crippen molar-refractivity contribution in [3.05, 3.63) is 24.2 Å². The summed E-state index contributed by atoms with van der Waals surface area (Å²) in [5.41, 5.74) is -0.886. The van der Waals surface area contributed by atoms with E-state index < -0.39 is 11.6 Å². The number of rotatable bonds is 3. The molecule has 5 nitrogen and oxygen atoms in total. The Balaban J connectivity index is 2.42. The zero-order chi connectivity index (χ0) is 15.1. The van der Waals surface area contributed by atoms with E-state index in [9.17, 15) is 9.59 Å². The van der Waals surface area contributed by atoms with Crippen LogP contribution >= 0.6 is 0 Å². The minimum Gasteiger partial charge on any atom is -0.467 e. The zero-order valence-electron chi connectivity index (χ0n) is 12.6. The van der Waals surface area contributed by atoms with Gasteiger partial charge in [-0.1, -0.05) is 13.8 Å². The second kappa shape index (κ2) is 4.96. The number of hydrogen-bond acceptors (Lipinski definition) is 3. The van der Waals surface area contributed by atoms with Crippen LogP contribution in [0, 0.1) is 5.92 Å². The van der Waals surface area contributed by atoms with Gasteiger partial charge in [-0.15, -0.1) is 0 Å². The van der Waals surface area contributed by atoms with Crippen molar-refractivity contribution in [2.75, 3.05) is 0 Å². The van der Waals surface area contributed by atoms with Gasteiger partial charge in [0.25, 0.3) is 0 Å². The van der Waals surface area contributed by atoms with Crippen molar-refractivity contribution >= 4 is 11.8 Å². The molecule has 0 saturated carbocycles. The summed E-state index contributed by atoms with van der Waals surface area (Å²) in [6, 6.07) is 2.87. The van der Waals surface area contributed by atoms with Gasteiger partial charge in [0.2, 0.25) is 11.8 Å². The fourth-order valence-electron chi connectivity index (χ4n) is 2.72. The molecule has 1 aliphatic rings. The molecular weight excluding hydrogens is 256 g/mol. The van der Waals surface area contributed by atoms with Crippen LogP contribution in [0.5, 0.6) is 0 Å². The lowest BCUT2D eigenvalue weighted by atomic mass is 9.90. The Morgan fingerprint density at radius 3 is 2.45 bits per heavy atom. The summed E-state index contributed by atoms with van der Waals surface area (Å²) in [5.74, 6) is 0.532. The van der Waals surface area contributed by atoms with Crippen LogP contribution in [0.1, 0.15) is 46.4 Å². The highest BCUT2D eigenvalue weighted by Crippen LogP contribution is 2.31. The van der Waals surface area contributed by atoms with Crippen LogP contribution in [-0.4, -0.2) is 28.3 Å². The Hall–Kier alpha value is -1.78. The van der Waals surface area contributed by atoms with Crippen molar-refractivity contribution in [2.24, 2.45) is 5.92 Å². The summed E-state index contributed by atoms with van der Waals surface area (Å²) in [7, 11) is 0. The van der Waals surface area contributed by atoms with Crippen molar-refractivity contribution in [1.29, 1.82) is 0 Å². The summed E-state index contributed by atoms with van der Waals surface area (Å²) in [6.07, 6.45) is 1.58. The maximum absolute atomic E-state index is 12.7. The van der Waals surface area contributed by atoms with Crippen LogP contribution in [-0.2, 0) is 9.59 Å². The van der Waals surface area contributed by atoms with E-state index in [0.29, 0.717) is 5.76 Å². The van der Waals surface area contributed by atoms with E-state index in [1.807, 2.05) is 26.8 Å². The maximum Gasteiger partial charge on any atom is 0.249 e. The molecule has 2 atom stereocenters. The predicted octanol–water partition coefficient (Wildman–Crippen LogP) is 2.10. The Labute approximate surface area is 119 Å². The van der Waals surface area contributed by atoms with Gasteiger partial charge in [0, 0.05) is 0 Å². The molecule has 0 spiro atoms. The van der Waals surface area contributed by atoms with Gasteiger partial charge in [-0.2, -0.15) is 0 Å². The van der Waals surface area contributed by atoms with Crippen LogP contribution in [0.15, 0.2) is 22.8 Å². The van der Waals surface area contributed by atoms with E-state index in [4.69, 9.17) is 4.42 Å². The minimum absolute atomic E-state index is 0.0347. The molecule has 0 bridgehead atoms. The van der Waals surface area contributed by atoms with E-state index in [2.05, 4.69) is 5.32 Å². The first-order valence-electron chi connectivity index (χ1n) is 6.94. The molecule has 2 heterocycles. The highest BCUT2D eigenvalue weighted by atomic mass is 16.3. The molecule has 1 N–H and O–H groups in total. The van der Waals surface area contributed by atoms with Crippen molar-refractivity contribution < 1.29 is 14.0 Å². The lowest BCUT2D eigenvalue weighted by Crippen LogP contribution is -2.69. The molecule has 1 saturated heterocycles. The van der Waals surface area contributed by atoms with E-state index in [1.165, 1.54) is 0 Å². The van der Waals surface area contributed by atoms with E-state index >= 15 is 0 Å². The molecule has 2 rings (SSSR count). The summed E-state index contributed by atoms with van der Waals surface area (Å²) in [6.45, 7) is 9.23. The van der Waals surface area contributed by atoms with Crippen molar-refractivity contribution in [3.8, 4) is 0 Å². The third-order valence-corrected chi connectivity index (χ3v) is 3.78. The number of hydrogen-bond donors (Lipinski definition) is 1. The Morgan fingerprint density at radius 2 is 1.95 bits per heavy atom. The van der Waals surface area contributed by atoms with Gasteiger partial charge in [0.1, 0.15) is 17.3 Å². The molecule has 5 heteroatoms. The zero-order valence-corrected chi connectivity index (χ0v) is 12.6. The Kier molecular flexibility index (Phi) is 3.63. The number of carbonyl (C=O) groups excluding carboxylic acids is 2. The fourth-order valence-corrected chi connectivity index (χ4v) is 2.72. The number of carbonyl (C=O) groups is 2. The van der Waals surface area contributed by atoms with Crippen LogP contribution in [0.25, 0.3) is 0 Å². The molecule has 0 radical (unpaired) electrons. The molecular formula is C15H22N2O3. The second-order valence-electron chi connectivity index (χ2n) is 6.21. The number of amides is 2. The smallest absolute Gasteiger partial charge is 0.249 e. The van der Waals surface area contributed by atoms with Crippen LogP contribution in [0.3, 0.4) is 0 Å². The average Bonchev–Trinajstić information content (AvgIpc) is 2.85. The molecule has 2 amide bonds. The monoisotopic (exact) mass is 278 g/mol. The third kappa shape index (κ3) is 2.32. The quantitative estimate of drug-likeness (QED) is 0.921. The number of furan rings is 1. The molecule has 2 unspecified atom stereocenters.